The second-order valence-electron chi connectivity index (χ2n) is 3.21. The number of amides is 1. The SMILES string of the molecule is C#CCCNC(=O)C1CC(F)(F)C1. The van der Waals surface area contributed by atoms with Crippen LogP contribution < -0.4 is 5.32 Å². The first kappa shape index (κ1) is 9.97. The molecule has 0 heterocycles. The van der Waals surface area contributed by atoms with Gasteiger partial charge in [-0.3, -0.25) is 4.79 Å². The highest BCUT2D eigenvalue weighted by Gasteiger charge is 2.48. The zero-order chi connectivity index (χ0) is 9.90. The Kier molecular flexibility index (Phi) is 2.86. The molecule has 0 spiro atoms. The predicted octanol–water partition coefficient (Wildman–Crippen LogP) is 1.17. The maximum atomic E-state index is 12.3. The van der Waals surface area contributed by atoms with Crippen molar-refractivity contribution in [2.75, 3.05) is 6.54 Å². The normalized spacial score (nSPS) is 20.1. The molecule has 72 valence electrons. The van der Waals surface area contributed by atoms with E-state index in [0.29, 0.717) is 13.0 Å². The zero-order valence-electron chi connectivity index (χ0n) is 7.15. The van der Waals surface area contributed by atoms with E-state index >= 15 is 0 Å². The molecule has 0 saturated heterocycles. The minimum absolute atomic E-state index is 0.304. The second kappa shape index (κ2) is 3.73. The number of hydrogen-bond acceptors (Lipinski definition) is 1. The molecule has 4 heteroatoms. The van der Waals surface area contributed by atoms with E-state index < -0.39 is 11.8 Å². The fourth-order valence-corrected chi connectivity index (χ4v) is 1.25. The summed E-state index contributed by atoms with van der Waals surface area (Å²) in [6.45, 7) is 0.372. The average molecular weight is 187 g/mol. The lowest BCUT2D eigenvalue weighted by Gasteiger charge is -2.33. The molecule has 1 amide bonds. The number of carbonyl (C=O) groups is 1. The topological polar surface area (TPSA) is 29.1 Å². The van der Waals surface area contributed by atoms with E-state index in [1.165, 1.54) is 0 Å². The third-order valence-electron chi connectivity index (χ3n) is 2.03. The van der Waals surface area contributed by atoms with E-state index in [4.69, 9.17) is 6.42 Å². The summed E-state index contributed by atoms with van der Waals surface area (Å²) in [5, 5.41) is 2.51. The van der Waals surface area contributed by atoms with Gasteiger partial charge >= 0.3 is 0 Å². The van der Waals surface area contributed by atoms with Crippen LogP contribution in [0.25, 0.3) is 0 Å². The molecule has 1 N–H and O–H groups in total. The van der Waals surface area contributed by atoms with Gasteiger partial charge in [0.1, 0.15) is 0 Å². The van der Waals surface area contributed by atoms with E-state index in [0.717, 1.165) is 0 Å². The van der Waals surface area contributed by atoms with Crippen LogP contribution in [0.4, 0.5) is 8.78 Å². The molecule has 1 fully saturated rings. The fraction of sp³-hybridized carbons (Fsp3) is 0.667. The highest BCUT2D eigenvalue weighted by atomic mass is 19.3. The van der Waals surface area contributed by atoms with Gasteiger partial charge < -0.3 is 5.32 Å². The summed E-state index contributed by atoms with van der Waals surface area (Å²) >= 11 is 0. The van der Waals surface area contributed by atoms with Gasteiger partial charge in [-0.1, -0.05) is 0 Å². The number of nitrogens with one attached hydrogen (secondary N) is 1. The zero-order valence-corrected chi connectivity index (χ0v) is 7.15. The molecule has 1 aliphatic carbocycles. The van der Waals surface area contributed by atoms with Gasteiger partial charge in [0.05, 0.1) is 0 Å². The number of hydrogen-bond donors (Lipinski definition) is 1. The number of terminal acetylenes is 1. The van der Waals surface area contributed by atoms with Crippen molar-refractivity contribution in [3.63, 3.8) is 0 Å². The standard InChI is InChI=1S/C9H11F2NO/c1-2-3-4-12-8(13)7-5-9(10,11)6-7/h1,7H,3-6H2,(H,12,13). The third kappa shape index (κ3) is 2.69. The summed E-state index contributed by atoms with van der Waals surface area (Å²) in [7, 11) is 0. The second-order valence-corrected chi connectivity index (χ2v) is 3.21. The summed E-state index contributed by atoms with van der Waals surface area (Å²) < 4.78 is 24.6. The van der Waals surface area contributed by atoms with Crippen LogP contribution in [0, 0.1) is 18.3 Å². The Morgan fingerprint density at radius 2 is 2.23 bits per heavy atom. The molecule has 1 saturated carbocycles. The first-order chi connectivity index (χ1) is 6.05. The van der Waals surface area contributed by atoms with E-state index in [-0.39, 0.29) is 18.7 Å². The van der Waals surface area contributed by atoms with Gasteiger partial charge in [-0.2, -0.15) is 0 Å². The van der Waals surface area contributed by atoms with E-state index in [1.807, 2.05) is 0 Å². The largest absolute Gasteiger partial charge is 0.355 e. The van der Waals surface area contributed by atoms with Gasteiger partial charge in [-0.25, -0.2) is 8.78 Å². The Bertz CT molecular complexity index is 236. The Labute approximate surface area is 75.7 Å². The minimum Gasteiger partial charge on any atom is -0.355 e. The third-order valence-corrected chi connectivity index (χ3v) is 2.03. The van der Waals surface area contributed by atoms with Crippen molar-refractivity contribution in [1.29, 1.82) is 0 Å². The molecule has 1 rings (SSSR count). The molecule has 0 aliphatic heterocycles. The molecular formula is C9H11F2NO. The van der Waals surface area contributed by atoms with Crippen LogP contribution >= 0.6 is 0 Å². The fourth-order valence-electron chi connectivity index (χ4n) is 1.25. The molecule has 0 atom stereocenters. The van der Waals surface area contributed by atoms with Crippen molar-refractivity contribution in [2.24, 2.45) is 5.92 Å². The van der Waals surface area contributed by atoms with Crippen molar-refractivity contribution in [3.8, 4) is 12.3 Å². The molecule has 13 heavy (non-hydrogen) atoms. The number of rotatable bonds is 3. The molecule has 0 radical (unpaired) electrons. The first-order valence-electron chi connectivity index (χ1n) is 4.14. The van der Waals surface area contributed by atoms with Crippen molar-refractivity contribution in [3.05, 3.63) is 0 Å². The highest BCUT2D eigenvalue weighted by Crippen LogP contribution is 2.42. The number of halogens is 2. The van der Waals surface area contributed by atoms with Crippen LogP contribution in [0.2, 0.25) is 0 Å². The molecule has 0 aromatic heterocycles. The van der Waals surface area contributed by atoms with Gasteiger partial charge in [-0.15, -0.1) is 12.3 Å². The van der Waals surface area contributed by atoms with Gasteiger partial charge in [0.25, 0.3) is 0 Å². The molecular weight excluding hydrogens is 176 g/mol. The van der Waals surface area contributed by atoms with Gasteiger partial charge in [-0.05, 0) is 0 Å². The van der Waals surface area contributed by atoms with Crippen molar-refractivity contribution in [1.82, 2.24) is 5.32 Å². The molecule has 2 nitrogen and oxygen atoms in total. The lowest BCUT2D eigenvalue weighted by atomic mass is 9.81. The lowest BCUT2D eigenvalue weighted by molar-refractivity contribution is -0.150. The summed E-state index contributed by atoms with van der Waals surface area (Å²) in [6, 6.07) is 0. The predicted molar refractivity (Wildman–Crippen MR) is 44.1 cm³/mol. The summed E-state index contributed by atoms with van der Waals surface area (Å²) in [5.74, 6) is -1.10. The maximum Gasteiger partial charge on any atom is 0.249 e. The summed E-state index contributed by atoms with van der Waals surface area (Å²) in [4.78, 5) is 11.1. The van der Waals surface area contributed by atoms with Gasteiger partial charge in [0, 0.05) is 31.7 Å². The summed E-state index contributed by atoms with van der Waals surface area (Å²) in [6.07, 6.45) is 4.75. The first-order valence-corrected chi connectivity index (χ1v) is 4.14. The monoisotopic (exact) mass is 187 g/mol. The molecule has 1 aliphatic rings. The van der Waals surface area contributed by atoms with Crippen LogP contribution in [-0.4, -0.2) is 18.4 Å². The van der Waals surface area contributed by atoms with Gasteiger partial charge in [0.15, 0.2) is 0 Å². The quantitative estimate of drug-likeness (QED) is 0.521. The number of alkyl halides is 2. The van der Waals surface area contributed by atoms with Crippen molar-refractivity contribution >= 4 is 5.91 Å². The van der Waals surface area contributed by atoms with Crippen LogP contribution in [0.1, 0.15) is 19.3 Å². The van der Waals surface area contributed by atoms with Gasteiger partial charge in [0.2, 0.25) is 11.8 Å². The van der Waals surface area contributed by atoms with E-state index in [2.05, 4.69) is 11.2 Å². The highest BCUT2D eigenvalue weighted by molar-refractivity contribution is 5.79. The number of carbonyl (C=O) groups excluding carboxylic acids is 1. The van der Waals surface area contributed by atoms with Crippen molar-refractivity contribution < 1.29 is 13.6 Å². The Morgan fingerprint density at radius 3 is 2.69 bits per heavy atom. The minimum atomic E-state index is -2.63. The maximum absolute atomic E-state index is 12.3. The average Bonchev–Trinajstić information content (AvgIpc) is 2.00. The van der Waals surface area contributed by atoms with Crippen LogP contribution in [0.5, 0.6) is 0 Å². The molecule has 0 unspecified atom stereocenters. The van der Waals surface area contributed by atoms with Crippen LogP contribution in [0.3, 0.4) is 0 Å². The summed E-state index contributed by atoms with van der Waals surface area (Å²) in [5.41, 5.74) is 0. The van der Waals surface area contributed by atoms with Crippen LogP contribution in [0.15, 0.2) is 0 Å². The van der Waals surface area contributed by atoms with E-state index in [1.54, 1.807) is 0 Å². The van der Waals surface area contributed by atoms with Crippen LogP contribution in [-0.2, 0) is 4.79 Å². The molecule has 0 aromatic carbocycles. The smallest absolute Gasteiger partial charge is 0.249 e. The Hall–Kier alpha value is -1.11. The van der Waals surface area contributed by atoms with Crippen molar-refractivity contribution in [2.45, 2.75) is 25.2 Å². The molecule has 0 bridgehead atoms. The molecule has 0 aromatic rings. The lowest BCUT2D eigenvalue weighted by Crippen LogP contribution is -2.45. The Balaban J connectivity index is 2.17. The Morgan fingerprint density at radius 1 is 1.62 bits per heavy atom. The van der Waals surface area contributed by atoms with E-state index in [9.17, 15) is 13.6 Å².